The summed E-state index contributed by atoms with van der Waals surface area (Å²) in [6, 6.07) is 8.54. The summed E-state index contributed by atoms with van der Waals surface area (Å²) in [6.07, 6.45) is 3.26. The van der Waals surface area contributed by atoms with Crippen molar-refractivity contribution in [3.63, 3.8) is 0 Å². The standard InChI is InChI=1S/C19H24N2O4/c1-13-4-3-5-17(14(13)2)21-18(22)11-25-19(23)12-24-16-8-6-15(10-20)7-9-16/h6-9,13-14,17H,3-5,11-12H2,1-2H3,(H,21,22)/t13-,14+,17+/m1/s1. The third-order valence-electron chi connectivity index (χ3n) is 4.76. The third-order valence-corrected chi connectivity index (χ3v) is 4.76. The van der Waals surface area contributed by atoms with Gasteiger partial charge >= 0.3 is 5.97 Å². The second kappa shape index (κ2) is 9.07. The molecule has 0 bridgehead atoms. The maximum Gasteiger partial charge on any atom is 0.344 e. The van der Waals surface area contributed by atoms with Crippen LogP contribution in [0.2, 0.25) is 0 Å². The molecule has 1 aromatic carbocycles. The Labute approximate surface area is 148 Å². The van der Waals surface area contributed by atoms with E-state index in [9.17, 15) is 9.59 Å². The number of benzene rings is 1. The van der Waals surface area contributed by atoms with Gasteiger partial charge in [0.15, 0.2) is 13.2 Å². The van der Waals surface area contributed by atoms with E-state index in [1.54, 1.807) is 24.3 Å². The largest absolute Gasteiger partial charge is 0.482 e. The molecule has 6 nitrogen and oxygen atoms in total. The molecule has 1 aromatic rings. The van der Waals surface area contributed by atoms with Crippen LogP contribution in [0.1, 0.15) is 38.7 Å². The zero-order chi connectivity index (χ0) is 18.2. The van der Waals surface area contributed by atoms with Gasteiger partial charge < -0.3 is 14.8 Å². The molecule has 3 atom stereocenters. The molecular formula is C19H24N2O4. The lowest BCUT2D eigenvalue weighted by atomic mass is 9.78. The van der Waals surface area contributed by atoms with E-state index in [1.165, 1.54) is 6.42 Å². The van der Waals surface area contributed by atoms with Crippen molar-refractivity contribution in [2.24, 2.45) is 11.8 Å². The highest BCUT2D eigenvalue weighted by Gasteiger charge is 2.28. The number of esters is 1. The first-order valence-corrected chi connectivity index (χ1v) is 8.57. The van der Waals surface area contributed by atoms with Crippen LogP contribution in [0.25, 0.3) is 0 Å². The highest BCUT2D eigenvalue weighted by Crippen LogP contribution is 2.29. The molecule has 0 spiro atoms. The molecular weight excluding hydrogens is 320 g/mol. The van der Waals surface area contributed by atoms with Gasteiger partial charge in [0.25, 0.3) is 5.91 Å². The van der Waals surface area contributed by atoms with Gasteiger partial charge in [-0.05, 0) is 42.5 Å². The molecule has 2 rings (SSSR count). The lowest BCUT2D eigenvalue weighted by Crippen LogP contribution is -2.45. The number of amides is 1. The van der Waals surface area contributed by atoms with E-state index >= 15 is 0 Å². The first kappa shape index (κ1) is 18.8. The summed E-state index contributed by atoms with van der Waals surface area (Å²) in [5, 5.41) is 11.7. The fraction of sp³-hybridized carbons (Fsp3) is 0.526. The summed E-state index contributed by atoms with van der Waals surface area (Å²) in [7, 11) is 0. The first-order valence-electron chi connectivity index (χ1n) is 8.57. The molecule has 0 radical (unpaired) electrons. The second-order valence-corrected chi connectivity index (χ2v) is 6.53. The van der Waals surface area contributed by atoms with E-state index in [2.05, 4.69) is 19.2 Å². The Balaban J connectivity index is 1.68. The van der Waals surface area contributed by atoms with Gasteiger partial charge in [-0.3, -0.25) is 4.79 Å². The minimum atomic E-state index is -0.607. The van der Waals surface area contributed by atoms with Crippen molar-refractivity contribution in [3.05, 3.63) is 29.8 Å². The molecule has 1 amide bonds. The second-order valence-electron chi connectivity index (χ2n) is 6.53. The van der Waals surface area contributed by atoms with Crippen molar-refractivity contribution in [2.45, 2.75) is 39.2 Å². The molecule has 1 fully saturated rings. The Morgan fingerprint density at radius 1 is 1.20 bits per heavy atom. The van der Waals surface area contributed by atoms with Crippen LogP contribution in [0.5, 0.6) is 5.75 Å². The monoisotopic (exact) mass is 344 g/mol. The van der Waals surface area contributed by atoms with E-state index in [1.807, 2.05) is 6.07 Å². The minimum absolute atomic E-state index is 0.143. The normalized spacial score (nSPS) is 22.5. The van der Waals surface area contributed by atoms with Crippen molar-refractivity contribution >= 4 is 11.9 Å². The van der Waals surface area contributed by atoms with E-state index in [0.29, 0.717) is 23.1 Å². The molecule has 0 heterocycles. The summed E-state index contributed by atoms with van der Waals surface area (Å²) in [5.74, 6) is 0.586. The Bertz CT molecular complexity index is 636. The fourth-order valence-corrected chi connectivity index (χ4v) is 2.99. The number of rotatable bonds is 6. The van der Waals surface area contributed by atoms with E-state index in [4.69, 9.17) is 14.7 Å². The van der Waals surface area contributed by atoms with Gasteiger partial charge in [-0.25, -0.2) is 4.79 Å². The predicted molar refractivity (Wildman–Crippen MR) is 91.7 cm³/mol. The summed E-state index contributed by atoms with van der Waals surface area (Å²) in [6.45, 7) is 3.76. The minimum Gasteiger partial charge on any atom is -0.482 e. The average molecular weight is 344 g/mol. The van der Waals surface area contributed by atoms with Gasteiger partial charge in [0.05, 0.1) is 11.6 Å². The maximum atomic E-state index is 12.0. The molecule has 1 N–H and O–H groups in total. The van der Waals surface area contributed by atoms with Gasteiger partial charge in [0, 0.05) is 6.04 Å². The summed E-state index contributed by atoms with van der Waals surface area (Å²) < 4.78 is 10.2. The molecule has 0 aromatic heterocycles. The highest BCUT2D eigenvalue weighted by atomic mass is 16.6. The fourth-order valence-electron chi connectivity index (χ4n) is 2.99. The summed E-state index contributed by atoms with van der Waals surface area (Å²) in [4.78, 5) is 23.6. The lowest BCUT2D eigenvalue weighted by Gasteiger charge is -2.34. The quantitative estimate of drug-likeness (QED) is 0.801. The highest BCUT2D eigenvalue weighted by molar-refractivity contribution is 5.81. The number of carbonyl (C=O) groups is 2. The number of nitrogens with zero attached hydrogens (tertiary/aromatic N) is 1. The zero-order valence-corrected chi connectivity index (χ0v) is 14.7. The number of ether oxygens (including phenoxy) is 2. The van der Waals surface area contributed by atoms with Crippen LogP contribution in [0.15, 0.2) is 24.3 Å². The third kappa shape index (κ3) is 5.79. The van der Waals surface area contributed by atoms with Crippen molar-refractivity contribution in [2.75, 3.05) is 13.2 Å². The van der Waals surface area contributed by atoms with Crippen molar-refractivity contribution in [1.29, 1.82) is 5.26 Å². The molecule has 1 aliphatic rings. The summed E-state index contributed by atoms with van der Waals surface area (Å²) >= 11 is 0. The number of hydrogen-bond donors (Lipinski definition) is 1. The topological polar surface area (TPSA) is 88.4 Å². The van der Waals surface area contributed by atoms with E-state index < -0.39 is 5.97 Å². The first-order chi connectivity index (χ1) is 12.0. The molecule has 0 saturated heterocycles. The molecule has 134 valence electrons. The number of nitriles is 1. The molecule has 0 unspecified atom stereocenters. The van der Waals surface area contributed by atoms with Crippen LogP contribution in [-0.4, -0.2) is 31.1 Å². The predicted octanol–water partition coefficient (Wildman–Crippen LogP) is 2.42. The lowest BCUT2D eigenvalue weighted by molar-refractivity contribution is -0.150. The van der Waals surface area contributed by atoms with Crippen molar-refractivity contribution in [1.82, 2.24) is 5.32 Å². The maximum absolute atomic E-state index is 12.0. The Morgan fingerprint density at radius 2 is 1.92 bits per heavy atom. The molecule has 6 heteroatoms. The molecule has 0 aliphatic heterocycles. The Hall–Kier alpha value is -2.55. The van der Waals surface area contributed by atoms with Crippen molar-refractivity contribution < 1.29 is 19.1 Å². The van der Waals surface area contributed by atoms with Crippen LogP contribution >= 0.6 is 0 Å². The van der Waals surface area contributed by atoms with Crippen LogP contribution in [0.4, 0.5) is 0 Å². The molecule has 1 saturated carbocycles. The van der Waals surface area contributed by atoms with Gasteiger partial charge in [0.2, 0.25) is 0 Å². The van der Waals surface area contributed by atoms with E-state index in [-0.39, 0.29) is 25.2 Å². The van der Waals surface area contributed by atoms with Crippen LogP contribution in [0.3, 0.4) is 0 Å². The van der Waals surface area contributed by atoms with Gasteiger partial charge in [-0.15, -0.1) is 0 Å². The number of carbonyl (C=O) groups excluding carboxylic acids is 2. The smallest absolute Gasteiger partial charge is 0.344 e. The van der Waals surface area contributed by atoms with Crippen LogP contribution in [-0.2, 0) is 14.3 Å². The van der Waals surface area contributed by atoms with Gasteiger partial charge in [-0.2, -0.15) is 5.26 Å². The average Bonchev–Trinajstić information content (AvgIpc) is 2.62. The Morgan fingerprint density at radius 3 is 2.60 bits per heavy atom. The zero-order valence-electron chi connectivity index (χ0n) is 14.7. The number of hydrogen-bond acceptors (Lipinski definition) is 5. The van der Waals surface area contributed by atoms with E-state index in [0.717, 1.165) is 12.8 Å². The Kier molecular flexibility index (Phi) is 6.81. The molecule has 1 aliphatic carbocycles. The van der Waals surface area contributed by atoms with Gasteiger partial charge in [0.1, 0.15) is 5.75 Å². The van der Waals surface area contributed by atoms with Gasteiger partial charge in [-0.1, -0.05) is 26.7 Å². The summed E-state index contributed by atoms with van der Waals surface area (Å²) in [5.41, 5.74) is 0.512. The van der Waals surface area contributed by atoms with Crippen LogP contribution < -0.4 is 10.1 Å². The molecule has 25 heavy (non-hydrogen) atoms. The number of nitrogens with one attached hydrogen (secondary N) is 1. The van der Waals surface area contributed by atoms with Crippen molar-refractivity contribution in [3.8, 4) is 11.8 Å². The SMILES string of the molecule is C[C@H]1[C@H](C)CCC[C@@H]1NC(=O)COC(=O)COc1ccc(C#N)cc1. The van der Waals surface area contributed by atoms with Crippen LogP contribution in [0, 0.1) is 23.2 Å².